The Balaban J connectivity index is 4.24. The first-order valence-electron chi connectivity index (χ1n) is 24.9. The van der Waals surface area contributed by atoms with Gasteiger partial charge in [-0.1, -0.05) is 173 Å². The molecule has 0 spiro atoms. The highest BCUT2D eigenvalue weighted by Gasteiger charge is 2.25. The fourth-order valence-corrected chi connectivity index (χ4v) is 7.41. The molecule has 0 aliphatic heterocycles. The number of carboxylic acids is 1. The van der Waals surface area contributed by atoms with E-state index in [1.54, 1.807) is 21.1 Å². The van der Waals surface area contributed by atoms with E-state index in [0.29, 0.717) is 12.8 Å². The van der Waals surface area contributed by atoms with E-state index >= 15 is 0 Å². The summed E-state index contributed by atoms with van der Waals surface area (Å²) in [6.45, 7) is 4.67. The first kappa shape index (κ1) is 56.8. The zero-order valence-electron chi connectivity index (χ0n) is 39.4. The van der Waals surface area contributed by atoms with E-state index in [9.17, 15) is 19.5 Å². The molecule has 346 valence electrons. The van der Waals surface area contributed by atoms with Crippen molar-refractivity contribution in [1.82, 2.24) is 0 Å². The minimum Gasteiger partial charge on any atom is -0.544 e. The smallest absolute Gasteiger partial charge is 0.306 e. The predicted octanol–water partition coefficient (Wildman–Crippen LogP) is 12.7. The van der Waals surface area contributed by atoms with Gasteiger partial charge in [0.15, 0.2) is 6.10 Å². The van der Waals surface area contributed by atoms with Crippen molar-refractivity contribution in [1.29, 1.82) is 0 Å². The number of allylic oxidation sites excluding steroid dienone is 4. The summed E-state index contributed by atoms with van der Waals surface area (Å²) < 4.78 is 17.2. The van der Waals surface area contributed by atoms with Gasteiger partial charge >= 0.3 is 11.9 Å². The molecule has 0 aliphatic carbocycles. The maximum Gasteiger partial charge on any atom is 0.306 e. The number of nitrogens with zero attached hydrogens (tertiary/aromatic N) is 1. The molecule has 0 rings (SSSR count). The third-order valence-electron chi connectivity index (χ3n) is 11.3. The summed E-state index contributed by atoms with van der Waals surface area (Å²) in [6, 6.07) is -0.725. The maximum atomic E-state index is 12.8. The zero-order chi connectivity index (χ0) is 43.5. The summed E-state index contributed by atoms with van der Waals surface area (Å²) in [7, 11) is 5.41. The molecule has 0 saturated carbocycles. The van der Waals surface area contributed by atoms with E-state index < -0.39 is 18.1 Å². The molecule has 0 aromatic heterocycles. The summed E-state index contributed by atoms with van der Waals surface area (Å²) in [5, 5.41) is 11.6. The van der Waals surface area contributed by atoms with Gasteiger partial charge < -0.3 is 28.6 Å². The van der Waals surface area contributed by atoms with E-state index in [1.165, 1.54) is 148 Å². The van der Waals surface area contributed by atoms with Crippen LogP contribution in [0.4, 0.5) is 0 Å². The van der Waals surface area contributed by atoms with Gasteiger partial charge in [0.25, 0.3) is 0 Å². The fourth-order valence-electron chi connectivity index (χ4n) is 7.41. The van der Waals surface area contributed by atoms with Crippen molar-refractivity contribution >= 4 is 17.9 Å². The van der Waals surface area contributed by atoms with Gasteiger partial charge in [0.2, 0.25) is 0 Å². The maximum absolute atomic E-state index is 12.8. The van der Waals surface area contributed by atoms with Crippen molar-refractivity contribution in [3.8, 4) is 0 Å². The third-order valence-corrected chi connectivity index (χ3v) is 11.3. The number of aliphatic carboxylic acids is 1. The Bertz CT molecular complexity index is 1020. The highest BCUT2D eigenvalue weighted by molar-refractivity contribution is 5.70. The second-order valence-electron chi connectivity index (χ2n) is 18.0. The van der Waals surface area contributed by atoms with Crippen LogP contribution in [0.1, 0.15) is 232 Å². The molecule has 0 amide bonds. The molecular weight excluding hydrogens is 739 g/mol. The number of hydrogen-bond donors (Lipinski definition) is 0. The monoisotopic (exact) mass is 834 g/mol. The normalized spacial score (nSPS) is 13.0. The third kappa shape index (κ3) is 41.0. The van der Waals surface area contributed by atoms with Crippen LogP contribution < -0.4 is 5.11 Å². The molecule has 2 unspecified atom stereocenters. The van der Waals surface area contributed by atoms with Crippen molar-refractivity contribution in [2.75, 3.05) is 41.0 Å². The molecule has 2 atom stereocenters. The van der Waals surface area contributed by atoms with Gasteiger partial charge in [0.1, 0.15) is 12.6 Å². The second kappa shape index (κ2) is 42.5. The topological polar surface area (TPSA) is 102 Å². The Morgan fingerprint density at radius 2 is 0.847 bits per heavy atom. The van der Waals surface area contributed by atoms with Crippen LogP contribution in [0.5, 0.6) is 0 Å². The highest BCUT2D eigenvalue weighted by Crippen LogP contribution is 2.15. The Hall–Kier alpha value is -2.19. The van der Waals surface area contributed by atoms with Crippen LogP contribution in [0.3, 0.4) is 0 Å². The lowest BCUT2D eigenvalue weighted by molar-refractivity contribution is -0.889. The largest absolute Gasteiger partial charge is 0.544 e. The average Bonchev–Trinajstić information content (AvgIpc) is 3.19. The van der Waals surface area contributed by atoms with E-state index in [2.05, 4.69) is 38.2 Å². The van der Waals surface area contributed by atoms with Crippen LogP contribution in [-0.2, 0) is 28.6 Å². The van der Waals surface area contributed by atoms with Crippen LogP contribution in [0.2, 0.25) is 0 Å². The molecule has 0 heterocycles. The summed E-state index contributed by atoms with van der Waals surface area (Å²) >= 11 is 0. The summed E-state index contributed by atoms with van der Waals surface area (Å²) in [6.07, 6.45) is 47.7. The van der Waals surface area contributed by atoms with Gasteiger partial charge in [-0.05, 0) is 64.2 Å². The number of hydrogen-bond acceptors (Lipinski definition) is 7. The zero-order valence-corrected chi connectivity index (χ0v) is 39.4. The number of carbonyl (C=O) groups is 3. The first-order valence-corrected chi connectivity index (χ1v) is 24.9. The molecule has 0 N–H and O–H groups in total. The first-order chi connectivity index (χ1) is 28.6. The number of quaternary nitrogens is 1. The molecular formula is C51H95NO7. The number of likely N-dealkylation sites (N-methyl/N-ethyl adjacent to an activating group) is 1. The van der Waals surface area contributed by atoms with Crippen molar-refractivity contribution in [3.63, 3.8) is 0 Å². The van der Waals surface area contributed by atoms with Gasteiger partial charge in [-0.15, -0.1) is 0 Å². The molecule has 8 nitrogen and oxygen atoms in total. The van der Waals surface area contributed by atoms with Gasteiger partial charge in [-0.3, -0.25) is 9.59 Å². The Kier molecular flexibility index (Phi) is 40.9. The van der Waals surface area contributed by atoms with Gasteiger partial charge in [0.05, 0.1) is 40.3 Å². The number of esters is 2. The van der Waals surface area contributed by atoms with Crippen LogP contribution in [-0.4, -0.2) is 75.5 Å². The van der Waals surface area contributed by atoms with E-state index in [0.717, 1.165) is 51.4 Å². The molecule has 59 heavy (non-hydrogen) atoms. The van der Waals surface area contributed by atoms with Crippen LogP contribution >= 0.6 is 0 Å². The van der Waals surface area contributed by atoms with Gasteiger partial charge in [0, 0.05) is 19.3 Å². The number of ether oxygens (including phenoxy) is 3. The summed E-state index contributed by atoms with van der Waals surface area (Å²) in [5.41, 5.74) is 0. The van der Waals surface area contributed by atoms with E-state index in [-0.39, 0.29) is 42.7 Å². The van der Waals surface area contributed by atoms with Gasteiger partial charge in [-0.25, -0.2) is 0 Å². The Morgan fingerprint density at radius 3 is 1.22 bits per heavy atom. The molecule has 0 saturated heterocycles. The lowest BCUT2D eigenvalue weighted by Gasteiger charge is -2.34. The lowest BCUT2D eigenvalue weighted by atomic mass is 10.1. The van der Waals surface area contributed by atoms with Crippen LogP contribution in [0, 0.1) is 0 Å². The molecule has 0 aromatic carbocycles. The molecule has 0 bridgehead atoms. The minimum absolute atomic E-state index is 0.0405. The predicted molar refractivity (Wildman–Crippen MR) is 245 cm³/mol. The molecule has 0 radical (unpaired) electrons. The average molecular weight is 834 g/mol. The van der Waals surface area contributed by atoms with E-state index in [1.807, 2.05) is 0 Å². The second-order valence-corrected chi connectivity index (χ2v) is 18.0. The lowest BCUT2D eigenvalue weighted by Crippen LogP contribution is -2.55. The number of rotatable bonds is 45. The minimum atomic E-state index is -1.12. The number of carboxylic acid groups (broad SMARTS) is 1. The number of unbranched alkanes of at least 4 members (excludes halogenated alkanes) is 27. The van der Waals surface area contributed by atoms with Crippen LogP contribution in [0.15, 0.2) is 24.3 Å². The number of carbonyl (C=O) groups excluding carboxylic acids is 3. The summed E-state index contributed by atoms with van der Waals surface area (Å²) in [4.78, 5) is 36.9. The van der Waals surface area contributed by atoms with Gasteiger partial charge in [-0.2, -0.15) is 0 Å². The fraction of sp³-hybridized carbons (Fsp3) is 0.863. The Morgan fingerprint density at radius 1 is 0.492 bits per heavy atom. The molecule has 0 aliphatic rings. The van der Waals surface area contributed by atoms with Crippen molar-refractivity contribution < 1.29 is 38.2 Å². The standard InChI is InChI=1S/C51H95NO7/c1-6-8-10-12-14-16-18-20-22-23-24-25-26-27-28-30-32-34-36-38-40-42-50(54)59-47(45-57-44-43-48(51(55)56)52(3,4)5)46-58-49(53)41-39-37-35-33-31-29-21-19-17-15-13-11-9-7-2/h19,21,23-24,47-48H,6-18,20,22,25-46H2,1-5H3/b21-19-,24-23-. The van der Waals surface area contributed by atoms with Crippen molar-refractivity contribution in [2.24, 2.45) is 0 Å². The van der Waals surface area contributed by atoms with E-state index in [4.69, 9.17) is 14.2 Å². The quantitative estimate of drug-likeness (QED) is 0.0260. The molecule has 0 aromatic rings. The van der Waals surface area contributed by atoms with Crippen molar-refractivity contribution in [3.05, 3.63) is 24.3 Å². The Labute approximate surface area is 364 Å². The SMILES string of the molecule is CCCCCCC/C=C\CCCCCCCC(=O)OCC(COCCC(C(=O)[O-])[N+](C)(C)C)OC(=O)CCCCCCCCCCC/C=C\CCCCCCCCCC. The highest BCUT2D eigenvalue weighted by atomic mass is 16.6. The molecule has 8 heteroatoms. The van der Waals surface area contributed by atoms with Crippen molar-refractivity contribution in [2.45, 2.75) is 244 Å². The molecule has 0 fully saturated rings. The van der Waals surface area contributed by atoms with Crippen LogP contribution in [0.25, 0.3) is 0 Å². The summed E-state index contributed by atoms with van der Waals surface area (Å²) in [5.74, 6) is -1.74.